The smallest absolute Gasteiger partial charge is 0.277 e. The molecule has 2 N–H and O–H groups in total. The van der Waals surface area contributed by atoms with Gasteiger partial charge in [-0.2, -0.15) is 9.40 Å². The fourth-order valence-corrected chi connectivity index (χ4v) is 5.00. The molecule has 0 fully saturated rings. The standard InChI is InChI=1S/C23H34N6O5S/c1-6-8-18-20-21(29(5)26-18)23(31)25-22(24-20)17-15-16(9-10-19(17)34-7-2)35(32,33)28(4)12-11-27(3)13-14-30/h9-10,15,30H,6-8,11-14H2,1-5H3,(H,24,25,31). The lowest BCUT2D eigenvalue weighted by Gasteiger charge is -2.22. The largest absolute Gasteiger partial charge is 0.493 e. The molecule has 0 aliphatic rings. The van der Waals surface area contributed by atoms with Crippen molar-refractivity contribution < 1.29 is 18.3 Å². The van der Waals surface area contributed by atoms with E-state index in [0.717, 1.165) is 6.42 Å². The van der Waals surface area contributed by atoms with Gasteiger partial charge in [0.1, 0.15) is 17.1 Å². The van der Waals surface area contributed by atoms with Crippen LogP contribution in [0.4, 0.5) is 0 Å². The van der Waals surface area contributed by atoms with Gasteiger partial charge in [0.25, 0.3) is 5.56 Å². The summed E-state index contributed by atoms with van der Waals surface area (Å²) >= 11 is 0. The van der Waals surface area contributed by atoms with Crippen LogP contribution in [0, 0.1) is 0 Å². The summed E-state index contributed by atoms with van der Waals surface area (Å²) in [6.07, 6.45) is 1.50. The zero-order valence-electron chi connectivity index (χ0n) is 20.9. The number of H-pyrrole nitrogens is 1. The Kier molecular flexibility index (Phi) is 8.65. The summed E-state index contributed by atoms with van der Waals surface area (Å²) in [5, 5.41) is 13.5. The highest BCUT2D eigenvalue weighted by Gasteiger charge is 2.24. The van der Waals surface area contributed by atoms with E-state index in [9.17, 15) is 13.2 Å². The van der Waals surface area contributed by atoms with Crippen LogP contribution >= 0.6 is 0 Å². The van der Waals surface area contributed by atoms with E-state index >= 15 is 0 Å². The SMILES string of the molecule is CCCc1nn(C)c2c(=O)[nH]c(-c3cc(S(=O)(=O)N(C)CCN(C)CCO)ccc3OCC)nc12. The number of aliphatic hydroxyl groups is 1. The lowest BCUT2D eigenvalue weighted by atomic mass is 10.1. The molecule has 1 aromatic carbocycles. The van der Waals surface area contributed by atoms with Crippen molar-refractivity contribution in [3.8, 4) is 17.1 Å². The van der Waals surface area contributed by atoms with Crippen LogP contribution in [0.25, 0.3) is 22.4 Å². The number of fused-ring (bicyclic) bond motifs is 1. The van der Waals surface area contributed by atoms with Gasteiger partial charge in [-0.15, -0.1) is 0 Å². The molecule has 3 aromatic rings. The number of nitrogens with zero attached hydrogens (tertiary/aromatic N) is 5. The number of aromatic nitrogens is 4. The predicted molar refractivity (Wildman–Crippen MR) is 134 cm³/mol. The van der Waals surface area contributed by atoms with Gasteiger partial charge in [0.2, 0.25) is 10.0 Å². The van der Waals surface area contributed by atoms with Crippen molar-refractivity contribution >= 4 is 21.1 Å². The number of ether oxygens (including phenoxy) is 1. The zero-order valence-corrected chi connectivity index (χ0v) is 21.7. The lowest BCUT2D eigenvalue weighted by molar-refractivity contribution is 0.216. The number of benzene rings is 1. The van der Waals surface area contributed by atoms with Crippen LogP contribution in [0.1, 0.15) is 26.0 Å². The average Bonchev–Trinajstić information content (AvgIpc) is 3.13. The first-order valence-electron chi connectivity index (χ1n) is 11.6. The molecule has 0 aliphatic heterocycles. The molecule has 3 rings (SSSR count). The summed E-state index contributed by atoms with van der Waals surface area (Å²) < 4.78 is 35.1. The van der Waals surface area contributed by atoms with Crippen molar-refractivity contribution in [2.45, 2.75) is 31.6 Å². The van der Waals surface area contributed by atoms with Crippen molar-refractivity contribution in [2.75, 3.05) is 46.9 Å². The second-order valence-electron chi connectivity index (χ2n) is 8.38. The maximum absolute atomic E-state index is 13.3. The zero-order chi connectivity index (χ0) is 25.8. The summed E-state index contributed by atoms with van der Waals surface area (Å²) in [4.78, 5) is 22.3. The van der Waals surface area contributed by atoms with Gasteiger partial charge in [0.05, 0.1) is 29.4 Å². The van der Waals surface area contributed by atoms with Gasteiger partial charge >= 0.3 is 0 Å². The van der Waals surface area contributed by atoms with Gasteiger partial charge in [-0.1, -0.05) is 13.3 Å². The highest BCUT2D eigenvalue weighted by molar-refractivity contribution is 7.89. The Hall–Kier alpha value is -2.80. The van der Waals surface area contributed by atoms with Crippen LogP contribution in [-0.2, 0) is 23.5 Å². The Labute approximate surface area is 205 Å². The topological polar surface area (TPSA) is 134 Å². The minimum atomic E-state index is -3.82. The number of aryl methyl sites for hydroxylation is 2. The Morgan fingerprint density at radius 3 is 2.57 bits per heavy atom. The second kappa shape index (κ2) is 11.3. The predicted octanol–water partition coefficient (Wildman–Crippen LogP) is 1.22. The van der Waals surface area contributed by atoms with Crippen LogP contribution in [0.15, 0.2) is 27.9 Å². The first-order valence-corrected chi connectivity index (χ1v) is 13.1. The first kappa shape index (κ1) is 26.8. The van der Waals surface area contributed by atoms with Gasteiger partial charge in [-0.05, 0) is 38.6 Å². The van der Waals surface area contributed by atoms with Gasteiger partial charge in [-0.3, -0.25) is 9.48 Å². The molecular formula is C23H34N6O5S. The molecule has 0 saturated heterocycles. The minimum absolute atomic E-state index is 0.00165. The third-order valence-electron chi connectivity index (χ3n) is 5.74. The molecule has 12 heteroatoms. The van der Waals surface area contributed by atoms with Crippen LogP contribution in [0.3, 0.4) is 0 Å². The highest BCUT2D eigenvalue weighted by Crippen LogP contribution is 2.32. The molecule has 0 amide bonds. The molecule has 0 atom stereocenters. The van der Waals surface area contributed by atoms with E-state index in [1.165, 1.54) is 28.2 Å². The number of sulfonamides is 1. The number of nitrogens with one attached hydrogen (secondary N) is 1. The fourth-order valence-electron chi connectivity index (χ4n) is 3.81. The molecule has 2 aromatic heterocycles. The molecule has 2 heterocycles. The third-order valence-corrected chi connectivity index (χ3v) is 7.59. The van der Waals surface area contributed by atoms with Crippen LogP contribution in [0.5, 0.6) is 5.75 Å². The molecule has 0 unspecified atom stereocenters. The van der Waals surface area contributed by atoms with Gasteiger partial charge in [0.15, 0.2) is 5.52 Å². The normalized spacial score (nSPS) is 12.2. The Morgan fingerprint density at radius 2 is 1.91 bits per heavy atom. The molecule has 35 heavy (non-hydrogen) atoms. The summed E-state index contributed by atoms with van der Waals surface area (Å²) in [6, 6.07) is 4.55. The molecule has 192 valence electrons. The Bertz CT molecular complexity index is 1330. The van der Waals surface area contributed by atoms with E-state index in [2.05, 4.69) is 15.1 Å². The number of likely N-dealkylation sites (N-methyl/N-ethyl adjacent to an activating group) is 2. The van der Waals surface area contributed by atoms with Gasteiger partial charge < -0.3 is 19.7 Å². The fraction of sp³-hybridized carbons (Fsp3) is 0.522. The number of rotatable bonds is 12. The van der Waals surface area contributed by atoms with Crippen molar-refractivity contribution in [3.63, 3.8) is 0 Å². The lowest BCUT2D eigenvalue weighted by Crippen LogP contribution is -2.35. The van der Waals surface area contributed by atoms with E-state index in [1.807, 2.05) is 25.8 Å². The summed E-state index contributed by atoms with van der Waals surface area (Å²) in [7, 11) is 1.20. The number of hydrogen-bond acceptors (Lipinski definition) is 8. The Balaban J connectivity index is 2.08. The summed E-state index contributed by atoms with van der Waals surface area (Å²) in [5.41, 5.74) is 1.59. The molecule has 0 aliphatic carbocycles. The van der Waals surface area contributed by atoms with Crippen molar-refractivity contribution in [1.82, 2.24) is 29.0 Å². The van der Waals surface area contributed by atoms with Crippen molar-refractivity contribution in [3.05, 3.63) is 34.2 Å². The highest BCUT2D eigenvalue weighted by atomic mass is 32.2. The van der Waals surface area contributed by atoms with Crippen LogP contribution < -0.4 is 10.3 Å². The Morgan fingerprint density at radius 1 is 1.17 bits per heavy atom. The van der Waals surface area contributed by atoms with Gasteiger partial charge in [0, 0.05) is 33.7 Å². The number of hydrogen-bond donors (Lipinski definition) is 2. The van der Waals surface area contributed by atoms with Crippen LogP contribution in [0.2, 0.25) is 0 Å². The third kappa shape index (κ3) is 5.72. The van der Waals surface area contributed by atoms with E-state index in [4.69, 9.17) is 9.84 Å². The van der Waals surface area contributed by atoms with E-state index in [1.54, 1.807) is 13.1 Å². The molecule has 0 radical (unpaired) electrons. The number of aliphatic hydroxyl groups excluding tert-OH is 1. The van der Waals surface area contributed by atoms with Crippen molar-refractivity contribution in [2.24, 2.45) is 7.05 Å². The molecule has 0 spiro atoms. The first-order chi connectivity index (χ1) is 16.6. The average molecular weight is 507 g/mol. The monoisotopic (exact) mass is 506 g/mol. The maximum atomic E-state index is 13.3. The second-order valence-corrected chi connectivity index (χ2v) is 10.4. The van der Waals surface area contributed by atoms with E-state index in [0.29, 0.717) is 54.2 Å². The summed E-state index contributed by atoms with van der Waals surface area (Å²) in [5.74, 6) is 0.638. The van der Waals surface area contributed by atoms with E-state index in [-0.39, 0.29) is 29.4 Å². The van der Waals surface area contributed by atoms with Crippen molar-refractivity contribution in [1.29, 1.82) is 0 Å². The minimum Gasteiger partial charge on any atom is -0.493 e. The summed E-state index contributed by atoms with van der Waals surface area (Å²) in [6.45, 7) is 5.37. The van der Waals surface area contributed by atoms with E-state index < -0.39 is 10.0 Å². The van der Waals surface area contributed by atoms with Gasteiger partial charge in [-0.25, -0.2) is 13.4 Å². The molecule has 0 bridgehead atoms. The molecule has 11 nitrogen and oxygen atoms in total. The molecule has 0 saturated carbocycles. The maximum Gasteiger partial charge on any atom is 0.277 e. The molecular weight excluding hydrogens is 472 g/mol. The number of aromatic amines is 1. The quantitative estimate of drug-likeness (QED) is 0.375. The van der Waals surface area contributed by atoms with Crippen LogP contribution in [-0.4, -0.2) is 89.4 Å².